The van der Waals surface area contributed by atoms with Crippen LogP contribution in [0.5, 0.6) is 0 Å². The average Bonchev–Trinajstić information content (AvgIpc) is 2.71. The highest BCUT2D eigenvalue weighted by molar-refractivity contribution is 6.13. The van der Waals surface area contributed by atoms with Crippen LogP contribution in [0.25, 0.3) is 0 Å². The number of Topliss-reactive ketones (excluding diaryl/α,β-unsaturated/α-hetero) is 2. The van der Waals surface area contributed by atoms with E-state index < -0.39 is 0 Å². The standard InChI is InChI=1S/C15H20O2/c1-8-5-10(16)12-11(8)13(17)14(2,3)6-9-7-15(9,12)4/h8-9H,5-7H2,1-4H3/t8-,9+,15-/m1/s1. The van der Waals surface area contributed by atoms with E-state index >= 15 is 0 Å². The molecule has 92 valence electrons. The molecule has 3 atom stereocenters. The monoisotopic (exact) mass is 232 g/mol. The summed E-state index contributed by atoms with van der Waals surface area (Å²) in [6.07, 6.45) is 2.59. The molecule has 2 heteroatoms. The van der Waals surface area contributed by atoms with E-state index in [2.05, 4.69) is 6.92 Å². The van der Waals surface area contributed by atoms with Crippen LogP contribution in [0.3, 0.4) is 0 Å². The third-order valence-electron chi connectivity index (χ3n) is 5.13. The van der Waals surface area contributed by atoms with Crippen LogP contribution < -0.4 is 0 Å². The number of allylic oxidation sites excluding steroid dienone is 2. The number of hydrogen-bond acceptors (Lipinski definition) is 2. The van der Waals surface area contributed by atoms with Gasteiger partial charge in [0.15, 0.2) is 11.6 Å². The van der Waals surface area contributed by atoms with Gasteiger partial charge in [0.25, 0.3) is 0 Å². The largest absolute Gasteiger partial charge is 0.294 e. The minimum Gasteiger partial charge on any atom is -0.294 e. The number of ketones is 2. The van der Waals surface area contributed by atoms with E-state index in [4.69, 9.17) is 0 Å². The fourth-order valence-corrected chi connectivity index (χ4v) is 3.97. The molecule has 3 aliphatic carbocycles. The smallest absolute Gasteiger partial charge is 0.165 e. The molecule has 0 aromatic heterocycles. The Morgan fingerprint density at radius 2 is 1.76 bits per heavy atom. The maximum Gasteiger partial charge on any atom is 0.165 e. The van der Waals surface area contributed by atoms with Crippen LogP contribution in [0.1, 0.15) is 47.0 Å². The highest BCUT2D eigenvalue weighted by atomic mass is 16.1. The van der Waals surface area contributed by atoms with Crippen molar-refractivity contribution in [2.24, 2.45) is 22.7 Å². The SMILES string of the molecule is C[C@@H]1CC(=O)C2=C1C(=O)C(C)(C)C[C@H]1C[C@@]21C. The Morgan fingerprint density at radius 3 is 2.41 bits per heavy atom. The van der Waals surface area contributed by atoms with E-state index in [1.165, 1.54) is 0 Å². The summed E-state index contributed by atoms with van der Waals surface area (Å²) in [4.78, 5) is 24.8. The van der Waals surface area contributed by atoms with Crippen molar-refractivity contribution in [3.63, 3.8) is 0 Å². The predicted molar refractivity (Wildman–Crippen MR) is 65.4 cm³/mol. The van der Waals surface area contributed by atoms with Crippen molar-refractivity contribution in [1.29, 1.82) is 0 Å². The van der Waals surface area contributed by atoms with Crippen LogP contribution in [-0.2, 0) is 9.59 Å². The molecular formula is C15H20O2. The van der Waals surface area contributed by atoms with E-state index in [-0.39, 0.29) is 28.3 Å². The van der Waals surface area contributed by atoms with Gasteiger partial charge in [0.05, 0.1) is 0 Å². The lowest BCUT2D eigenvalue weighted by Gasteiger charge is -2.24. The maximum atomic E-state index is 12.6. The average molecular weight is 232 g/mol. The van der Waals surface area contributed by atoms with Crippen molar-refractivity contribution < 1.29 is 9.59 Å². The summed E-state index contributed by atoms with van der Waals surface area (Å²) in [6, 6.07) is 0. The molecule has 0 aliphatic heterocycles. The van der Waals surface area contributed by atoms with Crippen LogP contribution in [0.2, 0.25) is 0 Å². The molecule has 0 spiro atoms. The van der Waals surface area contributed by atoms with Gasteiger partial charge >= 0.3 is 0 Å². The van der Waals surface area contributed by atoms with Gasteiger partial charge in [0, 0.05) is 23.0 Å². The molecule has 0 saturated heterocycles. The number of carbonyl (C=O) groups excluding carboxylic acids is 2. The van der Waals surface area contributed by atoms with Gasteiger partial charge in [-0.25, -0.2) is 0 Å². The molecule has 0 bridgehead atoms. The topological polar surface area (TPSA) is 34.1 Å². The Labute approximate surface area is 102 Å². The van der Waals surface area contributed by atoms with Crippen molar-refractivity contribution >= 4 is 11.6 Å². The second kappa shape index (κ2) is 2.90. The fourth-order valence-electron chi connectivity index (χ4n) is 3.97. The molecule has 2 nitrogen and oxygen atoms in total. The molecule has 0 N–H and O–H groups in total. The lowest BCUT2D eigenvalue weighted by atomic mass is 9.78. The first-order valence-electron chi connectivity index (χ1n) is 6.60. The molecule has 0 amide bonds. The molecule has 3 rings (SSSR count). The van der Waals surface area contributed by atoms with Gasteiger partial charge in [-0.05, 0) is 30.1 Å². The molecule has 0 radical (unpaired) electrons. The summed E-state index contributed by atoms with van der Waals surface area (Å²) in [5.41, 5.74) is 1.53. The number of carbonyl (C=O) groups is 2. The van der Waals surface area contributed by atoms with Crippen LogP contribution in [0, 0.1) is 22.7 Å². The first-order chi connectivity index (χ1) is 7.77. The molecule has 0 aromatic rings. The molecule has 3 aliphatic rings. The van der Waals surface area contributed by atoms with Gasteiger partial charge < -0.3 is 0 Å². The third kappa shape index (κ3) is 1.27. The summed E-state index contributed by atoms with van der Waals surface area (Å²) in [5.74, 6) is 1.16. The minimum absolute atomic E-state index is 0.0284. The van der Waals surface area contributed by atoms with E-state index in [0.29, 0.717) is 12.3 Å². The van der Waals surface area contributed by atoms with Crippen molar-refractivity contribution in [2.75, 3.05) is 0 Å². The van der Waals surface area contributed by atoms with Crippen LogP contribution >= 0.6 is 0 Å². The Hall–Kier alpha value is -0.920. The lowest BCUT2D eigenvalue weighted by molar-refractivity contribution is -0.124. The zero-order valence-corrected chi connectivity index (χ0v) is 11.1. The number of rotatable bonds is 0. The molecular weight excluding hydrogens is 212 g/mol. The highest BCUT2D eigenvalue weighted by Gasteiger charge is 2.62. The van der Waals surface area contributed by atoms with Crippen molar-refractivity contribution in [3.8, 4) is 0 Å². The summed E-state index contributed by atoms with van der Waals surface area (Å²) in [7, 11) is 0. The van der Waals surface area contributed by atoms with Crippen LogP contribution in [0.15, 0.2) is 11.1 Å². The Kier molecular flexibility index (Phi) is 1.91. The van der Waals surface area contributed by atoms with Crippen molar-refractivity contribution in [1.82, 2.24) is 0 Å². The first-order valence-corrected chi connectivity index (χ1v) is 6.60. The quantitative estimate of drug-likeness (QED) is 0.643. The normalized spacial score (nSPS) is 43.3. The van der Waals surface area contributed by atoms with Crippen molar-refractivity contribution in [2.45, 2.75) is 47.0 Å². The zero-order valence-electron chi connectivity index (χ0n) is 11.1. The summed E-state index contributed by atoms with van der Waals surface area (Å²) in [6.45, 7) is 8.29. The second-order valence-corrected chi connectivity index (χ2v) is 7.05. The Morgan fingerprint density at radius 1 is 1.12 bits per heavy atom. The van der Waals surface area contributed by atoms with E-state index in [1.807, 2.05) is 20.8 Å². The van der Waals surface area contributed by atoms with Crippen LogP contribution in [-0.4, -0.2) is 11.6 Å². The third-order valence-corrected chi connectivity index (χ3v) is 5.13. The van der Waals surface area contributed by atoms with Crippen molar-refractivity contribution in [3.05, 3.63) is 11.1 Å². The van der Waals surface area contributed by atoms with E-state index in [0.717, 1.165) is 24.0 Å². The van der Waals surface area contributed by atoms with Gasteiger partial charge in [-0.3, -0.25) is 9.59 Å². The first kappa shape index (κ1) is 11.2. The summed E-state index contributed by atoms with van der Waals surface area (Å²) in [5, 5.41) is 0. The fraction of sp³-hybridized carbons (Fsp3) is 0.733. The summed E-state index contributed by atoms with van der Waals surface area (Å²) < 4.78 is 0. The molecule has 1 saturated carbocycles. The second-order valence-electron chi connectivity index (χ2n) is 7.05. The van der Waals surface area contributed by atoms with Gasteiger partial charge in [0.1, 0.15) is 0 Å². The van der Waals surface area contributed by atoms with Gasteiger partial charge in [-0.1, -0.05) is 27.7 Å². The minimum atomic E-state index is -0.279. The maximum absolute atomic E-state index is 12.6. The van der Waals surface area contributed by atoms with Gasteiger partial charge in [0.2, 0.25) is 0 Å². The van der Waals surface area contributed by atoms with Gasteiger partial charge in [-0.15, -0.1) is 0 Å². The van der Waals surface area contributed by atoms with E-state index in [9.17, 15) is 9.59 Å². The molecule has 0 unspecified atom stereocenters. The Balaban J connectivity index is 2.21. The zero-order chi connectivity index (χ0) is 12.6. The summed E-state index contributed by atoms with van der Waals surface area (Å²) >= 11 is 0. The molecule has 17 heavy (non-hydrogen) atoms. The number of hydrogen-bond donors (Lipinski definition) is 0. The predicted octanol–water partition coefficient (Wildman–Crippen LogP) is 2.92. The molecule has 0 aromatic carbocycles. The van der Waals surface area contributed by atoms with Gasteiger partial charge in [-0.2, -0.15) is 0 Å². The highest BCUT2D eigenvalue weighted by Crippen LogP contribution is 2.66. The van der Waals surface area contributed by atoms with Crippen LogP contribution in [0.4, 0.5) is 0 Å². The lowest BCUT2D eigenvalue weighted by Crippen LogP contribution is -2.27. The van der Waals surface area contributed by atoms with E-state index in [1.54, 1.807) is 0 Å². The Bertz CT molecular complexity index is 469. The molecule has 0 heterocycles. The molecule has 1 fully saturated rings. The number of fused-ring (bicyclic) bond motifs is 2.